The third-order valence-electron chi connectivity index (χ3n) is 4.75. The van der Waals surface area contributed by atoms with Crippen molar-refractivity contribution in [2.45, 2.75) is 6.92 Å². The number of hydrogen-bond acceptors (Lipinski definition) is 4. The van der Waals surface area contributed by atoms with Crippen molar-refractivity contribution < 1.29 is 13.9 Å². The minimum atomic E-state index is -0.148. The number of halogens is 2. The molecular weight excluding hydrogens is 423 g/mol. The predicted molar refractivity (Wildman–Crippen MR) is 123 cm³/mol. The van der Waals surface area contributed by atoms with Crippen molar-refractivity contribution >= 4 is 45.7 Å². The molecule has 0 aliphatic heterocycles. The SMILES string of the molecule is COc1cc2occ(-c3ccc(Cl)cc3Cl)c2cc1/C(C)=C/C(=O)NCCN(C)C. The molecule has 0 spiro atoms. The molecule has 7 heteroatoms. The summed E-state index contributed by atoms with van der Waals surface area (Å²) in [5.41, 5.74) is 3.92. The van der Waals surface area contributed by atoms with Crippen LogP contribution in [-0.2, 0) is 4.79 Å². The number of hydrogen-bond donors (Lipinski definition) is 1. The van der Waals surface area contributed by atoms with Crippen molar-refractivity contribution in [1.82, 2.24) is 10.2 Å². The average Bonchev–Trinajstić information content (AvgIpc) is 3.09. The fourth-order valence-electron chi connectivity index (χ4n) is 3.18. The van der Waals surface area contributed by atoms with Gasteiger partial charge in [-0.05, 0) is 44.8 Å². The number of ether oxygens (including phenoxy) is 1. The van der Waals surface area contributed by atoms with Gasteiger partial charge in [-0.3, -0.25) is 4.79 Å². The number of likely N-dealkylation sites (N-methyl/N-ethyl adjacent to an activating group) is 1. The van der Waals surface area contributed by atoms with E-state index >= 15 is 0 Å². The van der Waals surface area contributed by atoms with Crippen molar-refractivity contribution in [3.8, 4) is 16.9 Å². The van der Waals surface area contributed by atoms with Crippen LogP contribution in [-0.4, -0.2) is 45.1 Å². The highest BCUT2D eigenvalue weighted by molar-refractivity contribution is 6.36. The number of furan rings is 1. The lowest BCUT2D eigenvalue weighted by Crippen LogP contribution is -2.30. The summed E-state index contributed by atoms with van der Waals surface area (Å²) in [6.45, 7) is 3.23. The number of fused-ring (bicyclic) bond motifs is 1. The number of nitrogens with zero attached hydrogens (tertiary/aromatic N) is 1. The molecule has 30 heavy (non-hydrogen) atoms. The zero-order chi connectivity index (χ0) is 21.8. The lowest BCUT2D eigenvalue weighted by atomic mass is 9.99. The highest BCUT2D eigenvalue weighted by Crippen LogP contribution is 2.40. The molecule has 0 saturated heterocycles. The largest absolute Gasteiger partial charge is 0.496 e. The summed E-state index contributed by atoms with van der Waals surface area (Å²) in [5, 5.41) is 4.86. The van der Waals surface area contributed by atoms with Crippen molar-refractivity contribution in [2.24, 2.45) is 0 Å². The number of rotatable bonds is 7. The maximum atomic E-state index is 12.3. The maximum Gasteiger partial charge on any atom is 0.244 e. The van der Waals surface area contributed by atoms with Crippen LogP contribution in [0.3, 0.4) is 0 Å². The molecule has 0 aliphatic rings. The molecule has 1 aromatic heterocycles. The molecule has 0 unspecified atom stereocenters. The molecule has 158 valence electrons. The molecule has 0 saturated carbocycles. The van der Waals surface area contributed by atoms with E-state index < -0.39 is 0 Å². The second-order valence-electron chi connectivity index (χ2n) is 7.24. The third kappa shape index (κ3) is 4.98. The number of benzene rings is 2. The minimum Gasteiger partial charge on any atom is -0.496 e. The van der Waals surface area contributed by atoms with E-state index in [1.165, 1.54) is 0 Å². The zero-order valence-electron chi connectivity index (χ0n) is 17.4. The van der Waals surface area contributed by atoms with Crippen molar-refractivity contribution in [2.75, 3.05) is 34.3 Å². The van der Waals surface area contributed by atoms with Gasteiger partial charge in [0.25, 0.3) is 0 Å². The van der Waals surface area contributed by atoms with E-state index in [9.17, 15) is 4.79 Å². The summed E-state index contributed by atoms with van der Waals surface area (Å²) in [7, 11) is 5.51. The first-order valence-corrected chi connectivity index (χ1v) is 10.2. The van der Waals surface area contributed by atoms with Crippen LogP contribution >= 0.6 is 23.2 Å². The molecule has 0 bridgehead atoms. The number of nitrogens with one attached hydrogen (secondary N) is 1. The number of carbonyl (C=O) groups excluding carboxylic acids is 1. The van der Waals surface area contributed by atoms with Gasteiger partial charge >= 0.3 is 0 Å². The van der Waals surface area contributed by atoms with Crippen molar-refractivity contribution in [3.63, 3.8) is 0 Å². The Morgan fingerprint density at radius 1 is 1.20 bits per heavy atom. The first kappa shape index (κ1) is 22.2. The fourth-order valence-corrected chi connectivity index (χ4v) is 3.69. The molecule has 0 radical (unpaired) electrons. The van der Waals surface area contributed by atoms with Gasteiger partial charge in [-0.25, -0.2) is 0 Å². The van der Waals surface area contributed by atoms with Gasteiger partial charge in [0.05, 0.1) is 18.4 Å². The zero-order valence-corrected chi connectivity index (χ0v) is 18.9. The second-order valence-corrected chi connectivity index (χ2v) is 8.09. The maximum absolute atomic E-state index is 12.3. The normalized spacial score (nSPS) is 11.9. The standard InChI is InChI=1S/C23H24Cl2N2O3/c1-14(9-23(28)26-7-8-27(2)3)17-11-18-19(13-30-22(18)12-21(17)29-4)16-6-5-15(24)10-20(16)25/h5-6,9-13H,7-8H2,1-4H3,(H,26,28)/b14-9+. The molecule has 0 atom stereocenters. The van der Waals surface area contributed by atoms with Crippen molar-refractivity contribution in [3.05, 3.63) is 58.3 Å². The molecule has 1 heterocycles. The van der Waals surface area contributed by atoms with Crippen LogP contribution in [0, 0.1) is 0 Å². The Labute approximate surface area is 186 Å². The fraction of sp³-hybridized carbons (Fsp3) is 0.261. The van der Waals surface area contributed by atoms with Crippen LogP contribution < -0.4 is 10.1 Å². The van der Waals surface area contributed by atoms with E-state index in [-0.39, 0.29) is 5.91 Å². The summed E-state index contributed by atoms with van der Waals surface area (Å²) in [6, 6.07) is 9.12. The number of methoxy groups -OCH3 is 1. The highest BCUT2D eigenvalue weighted by Gasteiger charge is 2.16. The van der Waals surface area contributed by atoms with Crippen LogP contribution in [0.4, 0.5) is 0 Å². The van der Waals surface area contributed by atoms with E-state index in [0.29, 0.717) is 27.9 Å². The van der Waals surface area contributed by atoms with Crippen LogP contribution in [0.5, 0.6) is 5.75 Å². The average molecular weight is 447 g/mol. The van der Waals surface area contributed by atoms with Gasteiger partial charge in [0, 0.05) is 52.3 Å². The lowest BCUT2D eigenvalue weighted by molar-refractivity contribution is -0.116. The highest BCUT2D eigenvalue weighted by atomic mass is 35.5. The van der Waals surface area contributed by atoms with Crippen LogP contribution in [0.1, 0.15) is 12.5 Å². The summed E-state index contributed by atoms with van der Waals surface area (Å²) < 4.78 is 11.3. The minimum absolute atomic E-state index is 0.148. The Balaban J connectivity index is 2.00. The smallest absolute Gasteiger partial charge is 0.244 e. The molecule has 1 amide bonds. The van der Waals surface area contributed by atoms with Gasteiger partial charge in [-0.2, -0.15) is 0 Å². The van der Waals surface area contributed by atoms with Crippen LogP contribution in [0.15, 0.2) is 47.1 Å². The Morgan fingerprint density at radius 2 is 1.97 bits per heavy atom. The lowest BCUT2D eigenvalue weighted by Gasteiger charge is -2.11. The van der Waals surface area contributed by atoms with Crippen LogP contribution in [0.25, 0.3) is 27.7 Å². The summed E-state index contributed by atoms with van der Waals surface area (Å²) >= 11 is 12.4. The molecule has 3 rings (SSSR count). The number of allylic oxidation sites excluding steroid dienone is 1. The second kappa shape index (κ2) is 9.56. The summed E-state index contributed by atoms with van der Waals surface area (Å²) in [4.78, 5) is 14.3. The van der Waals surface area contributed by atoms with Gasteiger partial charge in [0.15, 0.2) is 0 Å². The van der Waals surface area contributed by atoms with Gasteiger partial charge < -0.3 is 19.4 Å². The monoisotopic (exact) mass is 446 g/mol. The predicted octanol–water partition coefficient (Wildman–Crippen LogP) is 5.50. The van der Waals surface area contributed by atoms with E-state index in [1.807, 2.05) is 44.1 Å². The van der Waals surface area contributed by atoms with E-state index in [2.05, 4.69) is 5.32 Å². The first-order chi connectivity index (χ1) is 14.3. The molecule has 0 aliphatic carbocycles. The van der Waals surface area contributed by atoms with Gasteiger partial charge in [0.2, 0.25) is 5.91 Å². The van der Waals surface area contributed by atoms with E-state index in [0.717, 1.165) is 34.2 Å². The molecular formula is C23H24Cl2N2O3. The van der Waals surface area contributed by atoms with E-state index in [4.69, 9.17) is 32.4 Å². The van der Waals surface area contributed by atoms with Crippen LogP contribution in [0.2, 0.25) is 10.0 Å². The summed E-state index contributed by atoms with van der Waals surface area (Å²) in [5.74, 6) is 0.477. The molecule has 3 aromatic rings. The quantitative estimate of drug-likeness (QED) is 0.487. The van der Waals surface area contributed by atoms with Gasteiger partial charge in [0.1, 0.15) is 11.3 Å². The Morgan fingerprint density at radius 3 is 2.63 bits per heavy atom. The number of amides is 1. The molecule has 0 fully saturated rings. The molecule has 2 aromatic carbocycles. The third-order valence-corrected chi connectivity index (χ3v) is 5.30. The Hall–Kier alpha value is -2.47. The first-order valence-electron chi connectivity index (χ1n) is 9.46. The van der Waals surface area contributed by atoms with Gasteiger partial charge in [-0.15, -0.1) is 0 Å². The van der Waals surface area contributed by atoms with E-state index in [1.54, 1.807) is 31.6 Å². The number of carbonyl (C=O) groups is 1. The van der Waals surface area contributed by atoms with Crippen molar-refractivity contribution in [1.29, 1.82) is 0 Å². The topological polar surface area (TPSA) is 54.7 Å². The van der Waals surface area contributed by atoms with Gasteiger partial charge in [-0.1, -0.05) is 29.3 Å². The molecule has 1 N–H and O–H groups in total. The Bertz CT molecular complexity index is 1100. The molecule has 5 nitrogen and oxygen atoms in total. The summed E-state index contributed by atoms with van der Waals surface area (Å²) in [6.07, 6.45) is 3.24. The Kier molecular flexibility index (Phi) is 7.08.